The van der Waals surface area contributed by atoms with Crippen LogP contribution in [0.25, 0.3) is 0 Å². The van der Waals surface area contributed by atoms with Gasteiger partial charge in [0.05, 0.1) is 22.4 Å². The highest BCUT2D eigenvalue weighted by Crippen LogP contribution is 2.29. The number of sulfonamides is 1. The van der Waals surface area contributed by atoms with Crippen LogP contribution in [0, 0.1) is 0 Å². The molecule has 2 aromatic rings. The molecule has 8 nitrogen and oxygen atoms in total. The number of carbonyl (C=O) groups excluding carboxylic acids is 2. The van der Waals surface area contributed by atoms with Crippen LogP contribution < -0.4 is 14.9 Å². The van der Waals surface area contributed by atoms with Gasteiger partial charge < -0.3 is 15.0 Å². The third-order valence-corrected chi connectivity index (χ3v) is 6.87. The molecule has 31 heavy (non-hydrogen) atoms. The third-order valence-electron chi connectivity index (χ3n) is 5.45. The highest BCUT2D eigenvalue weighted by atomic mass is 32.2. The van der Waals surface area contributed by atoms with Crippen LogP contribution in [0.15, 0.2) is 53.4 Å². The highest BCUT2D eigenvalue weighted by Gasteiger charge is 2.25. The Kier molecular flexibility index (Phi) is 6.35. The van der Waals surface area contributed by atoms with Gasteiger partial charge in [-0.2, -0.15) is 0 Å². The standard InChI is InChI=1S/C22H25N3O5S/c26-21-11-4-12-25(21)20-10-2-1-9-19(20)24-22(27)16-6-3-8-18(14-16)31(28,29)23-15-17-7-5-13-30-17/h1-3,6,8-10,14,17,23H,4-5,7,11-13,15H2,(H,24,27)/t17-/m0/s1. The average molecular weight is 444 g/mol. The van der Waals surface area contributed by atoms with Crippen molar-refractivity contribution in [3.63, 3.8) is 0 Å². The molecule has 2 N–H and O–H groups in total. The van der Waals surface area contributed by atoms with Crippen LogP contribution in [-0.4, -0.2) is 46.0 Å². The van der Waals surface area contributed by atoms with Gasteiger partial charge >= 0.3 is 0 Å². The van der Waals surface area contributed by atoms with Gasteiger partial charge in [0, 0.05) is 31.7 Å². The second kappa shape index (κ2) is 9.17. The lowest BCUT2D eigenvalue weighted by Crippen LogP contribution is -2.32. The second-order valence-electron chi connectivity index (χ2n) is 7.63. The van der Waals surface area contributed by atoms with E-state index in [9.17, 15) is 18.0 Å². The molecular weight excluding hydrogens is 418 g/mol. The number of benzene rings is 2. The Labute approximate surface area is 181 Å². The van der Waals surface area contributed by atoms with Gasteiger partial charge in [-0.1, -0.05) is 18.2 Å². The summed E-state index contributed by atoms with van der Waals surface area (Å²) < 4.78 is 33.3. The van der Waals surface area contributed by atoms with Crippen molar-refractivity contribution in [2.45, 2.75) is 36.7 Å². The topological polar surface area (TPSA) is 105 Å². The second-order valence-corrected chi connectivity index (χ2v) is 9.40. The number of hydrogen-bond donors (Lipinski definition) is 2. The van der Waals surface area contributed by atoms with Crippen molar-refractivity contribution < 1.29 is 22.7 Å². The maximum absolute atomic E-state index is 12.9. The maximum Gasteiger partial charge on any atom is 0.255 e. The van der Waals surface area contributed by atoms with Crippen molar-refractivity contribution >= 4 is 33.2 Å². The first-order valence-corrected chi connectivity index (χ1v) is 11.8. The first-order valence-electron chi connectivity index (χ1n) is 10.4. The lowest BCUT2D eigenvalue weighted by molar-refractivity contribution is -0.117. The Morgan fingerprint density at radius 3 is 2.71 bits per heavy atom. The Morgan fingerprint density at radius 1 is 1.13 bits per heavy atom. The van der Waals surface area contributed by atoms with Gasteiger partial charge in [-0.05, 0) is 49.6 Å². The molecule has 0 radical (unpaired) electrons. The molecule has 0 aliphatic carbocycles. The summed E-state index contributed by atoms with van der Waals surface area (Å²) in [5, 5.41) is 2.81. The van der Waals surface area contributed by atoms with Gasteiger partial charge in [0.15, 0.2) is 0 Å². The van der Waals surface area contributed by atoms with Crippen LogP contribution in [0.5, 0.6) is 0 Å². The van der Waals surface area contributed by atoms with Crippen molar-refractivity contribution in [2.24, 2.45) is 0 Å². The van der Waals surface area contributed by atoms with Gasteiger partial charge in [-0.15, -0.1) is 0 Å². The zero-order valence-electron chi connectivity index (χ0n) is 17.0. The van der Waals surface area contributed by atoms with E-state index >= 15 is 0 Å². The molecule has 2 aromatic carbocycles. The van der Waals surface area contributed by atoms with E-state index in [-0.39, 0.29) is 29.0 Å². The molecular formula is C22H25N3O5S. The maximum atomic E-state index is 12.9. The van der Waals surface area contributed by atoms with Crippen molar-refractivity contribution in [3.8, 4) is 0 Å². The van der Waals surface area contributed by atoms with Gasteiger partial charge in [0.25, 0.3) is 5.91 Å². The summed E-state index contributed by atoms with van der Waals surface area (Å²) in [6.07, 6.45) is 2.89. The van der Waals surface area contributed by atoms with Gasteiger partial charge in [0.2, 0.25) is 15.9 Å². The fraction of sp³-hybridized carbons (Fsp3) is 0.364. The first kappa shape index (κ1) is 21.5. The summed E-state index contributed by atoms with van der Waals surface area (Å²) in [7, 11) is -3.77. The number of para-hydroxylation sites is 2. The van der Waals surface area contributed by atoms with Gasteiger partial charge in [0.1, 0.15) is 0 Å². The molecule has 0 saturated carbocycles. The first-order chi connectivity index (χ1) is 14.9. The Morgan fingerprint density at radius 2 is 1.97 bits per heavy atom. The summed E-state index contributed by atoms with van der Waals surface area (Å²) >= 11 is 0. The number of hydrogen-bond acceptors (Lipinski definition) is 5. The highest BCUT2D eigenvalue weighted by molar-refractivity contribution is 7.89. The number of anilines is 2. The van der Waals surface area contributed by atoms with Crippen LogP contribution in [0.2, 0.25) is 0 Å². The number of carbonyl (C=O) groups is 2. The zero-order valence-corrected chi connectivity index (χ0v) is 17.9. The van der Waals surface area contributed by atoms with Crippen LogP contribution in [-0.2, 0) is 19.6 Å². The van der Waals surface area contributed by atoms with Crippen molar-refractivity contribution in [2.75, 3.05) is 29.9 Å². The SMILES string of the molecule is O=C(Nc1ccccc1N1CCCC1=O)c1cccc(S(=O)(=O)NC[C@@H]2CCCO2)c1. The zero-order chi connectivity index (χ0) is 21.8. The number of nitrogens with zero attached hydrogens (tertiary/aromatic N) is 1. The molecule has 4 rings (SSSR count). The molecule has 2 amide bonds. The molecule has 2 aliphatic heterocycles. The fourth-order valence-corrected chi connectivity index (χ4v) is 4.92. The lowest BCUT2D eigenvalue weighted by atomic mass is 10.2. The number of nitrogens with one attached hydrogen (secondary N) is 2. The monoisotopic (exact) mass is 443 g/mol. The van der Waals surface area contributed by atoms with Crippen molar-refractivity contribution in [1.82, 2.24) is 4.72 Å². The van der Waals surface area contributed by atoms with E-state index < -0.39 is 15.9 Å². The van der Waals surface area contributed by atoms with Crippen molar-refractivity contribution in [3.05, 3.63) is 54.1 Å². The predicted octanol–water partition coefficient (Wildman–Crippen LogP) is 2.52. The average Bonchev–Trinajstić information content (AvgIpc) is 3.44. The van der Waals surface area contributed by atoms with E-state index in [1.807, 2.05) is 6.07 Å². The summed E-state index contributed by atoms with van der Waals surface area (Å²) in [5.74, 6) is -0.428. The van der Waals surface area contributed by atoms with E-state index in [2.05, 4.69) is 10.0 Å². The smallest absolute Gasteiger partial charge is 0.255 e. The van der Waals surface area contributed by atoms with E-state index in [4.69, 9.17) is 4.74 Å². The van der Waals surface area contributed by atoms with Crippen LogP contribution in [0.4, 0.5) is 11.4 Å². The number of rotatable bonds is 7. The Bertz CT molecular complexity index is 1080. The quantitative estimate of drug-likeness (QED) is 0.684. The minimum absolute atomic E-state index is 0.0150. The van der Waals surface area contributed by atoms with Crippen LogP contribution >= 0.6 is 0 Å². The van der Waals surface area contributed by atoms with Gasteiger partial charge in [-0.25, -0.2) is 13.1 Å². The van der Waals surface area contributed by atoms with Crippen molar-refractivity contribution in [1.29, 1.82) is 0 Å². The normalized spacial score (nSPS) is 19.0. The number of amides is 2. The molecule has 2 fully saturated rings. The minimum atomic E-state index is -3.77. The largest absolute Gasteiger partial charge is 0.377 e. The molecule has 2 saturated heterocycles. The molecule has 0 unspecified atom stereocenters. The molecule has 2 heterocycles. The van der Waals surface area contributed by atoms with Gasteiger partial charge in [-0.3, -0.25) is 9.59 Å². The molecule has 0 spiro atoms. The predicted molar refractivity (Wildman–Crippen MR) is 117 cm³/mol. The summed E-state index contributed by atoms with van der Waals surface area (Å²) in [6.45, 7) is 1.46. The van der Waals surface area contributed by atoms with Crippen LogP contribution in [0.3, 0.4) is 0 Å². The third kappa shape index (κ3) is 4.95. The summed E-state index contributed by atoms with van der Waals surface area (Å²) in [5.41, 5.74) is 1.36. The molecule has 164 valence electrons. The van der Waals surface area contributed by atoms with Crippen LogP contribution in [0.1, 0.15) is 36.0 Å². The van der Waals surface area contributed by atoms with E-state index in [1.165, 1.54) is 18.2 Å². The molecule has 2 aliphatic rings. The summed E-state index contributed by atoms with van der Waals surface area (Å²) in [4.78, 5) is 26.7. The van der Waals surface area contributed by atoms with E-state index in [0.29, 0.717) is 30.9 Å². The minimum Gasteiger partial charge on any atom is -0.377 e. The summed E-state index contributed by atoms with van der Waals surface area (Å²) in [6, 6.07) is 13.0. The number of ether oxygens (including phenoxy) is 1. The molecule has 0 aromatic heterocycles. The Hall–Kier alpha value is -2.75. The van der Waals surface area contributed by atoms with E-state index in [0.717, 1.165) is 19.3 Å². The molecule has 9 heteroatoms. The Balaban J connectivity index is 1.49. The van der Waals surface area contributed by atoms with E-state index in [1.54, 1.807) is 29.2 Å². The fourth-order valence-electron chi connectivity index (χ4n) is 3.81. The lowest BCUT2D eigenvalue weighted by Gasteiger charge is -2.20. The molecule has 1 atom stereocenters. The molecule has 0 bridgehead atoms.